The van der Waals surface area contributed by atoms with Crippen molar-refractivity contribution < 1.29 is 4.79 Å². The van der Waals surface area contributed by atoms with Crippen molar-refractivity contribution in [1.29, 1.82) is 0 Å². The average molecular weight is 340 g/mol. The minimum Gasteiger partial charge on any atom is -0.357 e. The molecule has 23 heavy (non-hydrogen) atoms. The lowest BCUT2D eigenvalue weighted by molar-refractivity contribution is -0.121. The lowest BCUT2D eigenvalue weighted by atomic mass is 10.2. The van der Waals surface area contributed by atoms with E-state index in [1.165, 1.54) is 0 Å². The van der Waals surface area contributed by atoms with Gasteiger partial charge in [0.25, 0.3) is 0 Å². The van der Waals surface area contributed by atoms with Crippen LogP contribution in [0.3, 0.4) is 0 Å². The molecule has 1 amide bonds. The summed E-state index contributed by atoms with van der Waals surface area (Å²) in [6.07, 6.45) is 1.34. The normalized spacial score (nSPS) is 12.8. The number of nitrogens with one attached hydrogen (secondary N) is 2. The van der Waals surface area contributed by atoms with Gasteiger partial charge in [0.15, 0.2) is 5.96 Å². The van der Waals surface area contributed by atoms with Crippen LogP contribution in [0.15, 0.2) is 10.4 Å². The van der Waals surface area contributed by atoms with Gasteiger partial charge >= 0.3 is 0 Å². The third-order valence-corrected chi connectivity index (χ3v) is 4.20. The number of amides is 1. The molecule has 1 heterocycles. The van der Waals surface area contributed by atoms with Crippen LogP contribution >= 0.6 is 11.3 Å². The predicted octanol–water partition coefficient (Wildman–Crippen LogP) is 2.15. The van der Waals surface area contributed by atoms with Gasteiger partial charge in [-0.05, 0) is 27.2 Å². The Bertz CT molecular complexity index is 514. The molecular weight excluding hydrogens is 310 g/mol. The zero-order valence-corrected chi connectivity index (χ0v) is 15.7. The number of hydrogen-bond acceptors (Lipinski definition) is 4. The Balaban J connectivity index is 2.53. The van der Waals surface area contributed by atoms with Gasteiger partial charge in [-0.15, -0.1) is 11.3 Å². The lowest BCUT2D eigenvalue weighted by Gasteiger charge is -2.21. The summed E-state index contributed by atoms with van der Waals surface area (Å²) in [5, 5.41) is 9.34. The Morgan fingerprint density at radius 1 is 1.48 bits per heavy atom. The molecule has 0 saturated carbocycles. The average Bonchev–Trinajstić information content (AvgIpc) is 2.91. The zero-order chi connectivity index (χ0) is 17.2. The summed E-state index contributed by atoms with van der Waals surface area (Å²) < 4.78 is 0. The SMILES string of the molecule is CCNC(=NCCC(=O)NC(C)CC)N(C)Cc1csc(C)n1. The summed E-state index contributed by atoms with van der Waals surface area (Å²) >= 11 is 1.65. The summed E-state index contributed by atoms with van der Waals surface area (Å²) in [6, 6.07) is 0.218. The van der Waals surface area contributed by atoms with E-state index in [9.17, 15) is 4.79 Å². The number of nitrogens with zero attached hydrogens (tertiary/aromatic N) is 3. The minimum absolute atomic E-state index is 0.0525. The second kappa shape index (κ2) is 10.2. The highest BCUT2D eigenvalue weighted by molar-refractivity contribution is 7.09. The van der Waals surface area contributed by atoms with Crippen molar-refractivity contribution >= 4 is 23.2 Å². The Morgan fingerprint density at radius 2 is 2.22 bits per heavy atom. The molecule has 2 N–H and O–H groups in total. The first-order valence-corrected chi connectivity index (χ1v) is 9.04. The molecule has 0 spiro atoms. The maximum atomic E-state index is 11.8. The summed E-state index contributed by atoms with van der Waals surface area (Å²) in [5.74, 6) is 0.853. The quantitative estimate of drug-likeness (QED) is 0.562. The van der Waals surface area contributed by atoms with Gasteiger partial charge in [-0.2, -0.15) is 0 Å². The molecule has 0 aromatic carbocycles. The van der Waals surface area contributed by atoms with Crippen LogP contribution in [-0.2, 0) is 11.3 Å². The van der Waals surface area contributed by atoms with Crippen LogP contribution in [0.2, 0.25) is 0 Å². The number of aryl methyl sites for hydroxylation is 1. The van der Waals surface area contributed by atoms with Gasteiger partial charge in [-0.25, -0.2) is 4.98 Å². The Hall–Kier alpha value is -1.63. The summed E-state index contributed by atoms with van der Waals surface area (Å²) in [4.78, 5) is 22.8. The minimum atomic E-state index is 0.0525. The van der Waals surface area contributed by atoms with Gasteiger partial charge < -0.3 is 15.5 Å². The molecule has 7 heteroatoms. The van der Waals surface area contributed by atoms with Crippen molar-refractivity contribution in [3.8, 4) is 0 Å². The van der Waals surface area contributed by atoms with Crippen LogP contribution in [0.4, 0.5) is 0 Å². The second-order valence-electron chi connectivity index (χ2n) is 5.58. The molecule has 0 radical (unpaired) electrons. The van der Waals surface area contributed by atoms with Gasteiger partial charge in [0.05, 0.1) is 23.8 Å². The Morgan fingerprint density at radius 3 is 2.78 bits per heavy atom. The number of aliphatic imine (C=N–C) groups is 1. The van der Waals surface area contributed by atoms with E-state index in [2.05, 4.69) is 32.9 Å². The molecule has 130 valence electrons. The Labute approximate surface area is 143 Å². The van der Waals surface area contributed by atoms with Crippen molar-refractivity contribution in [3.63, 3.8) is 0 Å². The maximum Gasteiger partial charge on any atom is 0.222 e. The van der Waals surface area contributed by atoms with E-state index in [0.29, 0.717) is 19.5 Å². The molecule has 1 aromatic heterocycles. The van der Waals surface area contributed by atoms with Gasteiger partial charge in [-0.3, -0.25) is 9.79 Å². The number of guanidine groups is 1. The smallest absolute Gasteiger partial charge is 0.222 e. The number of carbonyl (C=O) groups excluding carboxylic acids is 1. The summed E-state index contributed by atoms with van der Waals surface area (Å²) in [5.41, 5.74) is 1.04. The molecule has 1 atom stereocenters. The standard InChI is InChI=1S/C16H29N5OS/c1-6-12(3)19-15(22)8-9-18-16(17-7-2)21(5)10-14-11-23-13(4)20-14/h11-12H,6-10H2,1-5H3,(H,17,18)(H,19,22). The zero-order valence-electron chi connectivity index (χ0n) is 14.8. The number of rotatable bonds is 8. The summed E-state index contributed by atoms with van der Waals surface area (Å²) in [6.45, 7) is 10.1. The first kappa shape index (κ1) is 19.4. The largest absolute Gasteiger partial charge is 0.357 e. The van der Waals surface area contributed by atoms with Crippen molar-refractivity contribution in [3.05, 3.63) is 16.1 Å². The number of carbonyl (C=O) groups is 1. The fraction of sp³-hybridized carbons (Fsp3) is 0.688. The van der Waals surface area contributed by atoms with Crippen LogP contribution in [0, 0.1) is 6.92 Å². The highest BCUT2D eigenvalue weighted by Crippen LogP contribution is 2.09. The topological polar surface area (TPSA) is 69.6 Å². The van der Waals surface area contributed by atoms with Crippen LogP contribution in [0.25, 0.3) is 0 Å². The fourth-order valence-electron chi connectivity index (χ4n) is 1.98. The second-order valence-corrected chi connectivity index (χ2v) is 6.64. The molecule has 0 saturated heterocycles. The lowest BCUT2D eigenvalue weighted by Crippen LogP contribution is -2.39. The molecule has 0 aliphatic carbocycles. The first-order valence-electron chi connectivity index (χ1n) is 8.16. The fourth-order valence-corrected chi connectivity index (χ4v) is 2.58. The van der Waals surface area contributed by atoms with Crippen LogP contribution < -0.4 is 10.6 Å². The van der Waals surface area contributed by atoms with E-state index < -0.39 is 0 Å². The predicted molar refractivity (Wildman–Crippen MR) is 96.8 cm³/mol. The molecular formula is C16H29N5OS. The van der Waals surface area contributed by atoms with Crippen molar-refractivity contribution in [2.24, 2.45) is 4.99 Å². The third kappa shape index (κ3) is 7.45. The van der Waals surface area contributed by atoms with Crippen molar-refractivity contribution in [2.75, 3.05) is 20.1 Å². The van der Waals surface area contributed by atoms with Crippen molar-refractivity contribution in [2.45, 2.75) is 53.1 Å². The van der Waals surface area contributed by atoms with E-state index in [1.54, 1.807) is 11.3 Å². The molecule has 0 aliphatic rings. The van der Waals surface area contributed by atoms with Gasteiger partial charge in [0.1, 0.15) is 0 Å². The molecule has 0 aliphatic heterocycles. The maximum absolute atomic E-state index is 11.8. The van der Waals surface area contributed by atoms with E-state index >= 15 is 0 Å². The molecule has 0 bridgehead atoms. The highest BCUT2D eigenvalue weighted by Gasteiger charge is 2.09. The molecule has 0 fully saturated rings. The number of thiazole rings is 1. The van der Waals surface area contributed by atoms with E-state index in [-0.39, 0.29) is 11.9 Å². The third-order valence-electron chi connectivity index (χ3n) is 3.38. The number of aromatic nitrogens is 1. The first-order chi connectivity index (χ1) is 11.0. The van der Waals surface area contributed by atoms with Crippen LogP contribution in [0.5, 0.6) is 0 Å². The monoisotopic (exact) mass is 339 g/mol. The van der Waals surface area contributed by atoms with Crippen LogP contribution in [0.1, 0.15) is 44.3 Å². The summed E-state index contributed by atoms with van der Waals surface area (Å²) in [7, 11) is 1.98. The van der Waals surface area contributed by atoms with E-state index in [1.807, 2.05) is 32.7 Å². The molecule has 1 aromatic rings. The van der Waals surface area contributed by atoms with Crippen molar-refractivity contribution in [1.82, 2.24) is 20.5 Å². The highest BCUT2D eigenvalue weighted by atomic mass is 32.1. The van der Waals surface area contributed by atoms with E-state index in [4.69, 9.17) is 0 Å². The van der Waals surface area contributed by atoms with Gasteiger partial charge in [-0.1, -0.05) is 6.92 Å². The Kier molecular flexibility index (Phi) is 8.61. The molecule has 6 nitrogen and oxygen atoms in total. The van der Waals surface area contributed by atoms with Gasteiger partial charge in [0, 0.05) is 31.4 Å². The van der Waals surface area contributed by atoms with E-state index in [0.717, 1.165) is 29.6 Å². The van der Waals surface area contributed by atoms with Gasteiger partial charge in [0.2, 0.25) is 5.91 Å². The number of hydrogen-bond donors (Lipinski definition) is 2. The molecule has 1 unspecified atom stereocenters. The molecule has 1 rings (SSSR count). The van der Waals surface area contributed by atoms with Crippen LogP contribution in [-0.4, -0.2) is 47.9 Å².